The van der Waals surface area contributed by atoms with Crippen LogP contribution in [0.1, 0.15) is 40.2 Å². The van der Waals surface area contributed by atoms with Gasteiger partial charge in [-0.2, -0.15) is 0 Å². The van der Waals surface area contributed by atoms with Crippen molar-refractivity contribution < 1.29 is 9.53 Å². The van der Waals surface area contributed by atoms with Crippen molar-refractivity contribution in [2.24, 2.45) is 0 Å². The highest BCUT2D eigenvalue weighted by atomic mass is 32.1. The normalized spacial score (nSPS) is 10.3. The van der Waals surface area contributed by atoms with Crippen LogP contribution in [0.4, 0.5) is 10.7 Å². The van der Waals surface area contributed by atoms with Crippen LogP contribution in [-0.4, -0.2) is 17.7 Å². The minimum atomic E-state index is -0.306. The minimum absolute atomic E-state index is 0.306. The van der Waals surface area contributed by atoms with Crippen LogP contribution in [0.3, 0.4) is 0 Å². The molecule has 0 unspecified atom stereocenters. The Balaban J connectivity index is 2.20. The molecule has 0 aliphatic heterocycles. The van der Waals surface area contributed by atoms with E-state index in [2.05, 4.69) is 10.6 Å². The number of benzene rings is 1. The fourth-order valence-corrected chi connectivity index (χ4v) is 3.84. The van der Waals surface area contributed by atoms with Gasteiger partial charge in [-0.15, -0.1) is 11.3 Å². The van der Waals surface area contributed by atoms with E-state index in [1.807, 2.05) is 45.0 Å². The van der Waals surface area contributed by atoms with Crippen LogP contribution in [0.5, 0.6) is 0 Å². The van der Waals surface area contributed by atoms with Gasteiger partial charge in [0.2, 0.25) is 0 Å². The lowest BCUT2D eigenvalue weighted by Crippen LogP contribution is -2.20. The number of thiocarbonyl (C=S) groups is 1. The second-order valence-electron chi connectivity index (χ2n) is 5.36. The largest absolute Gasteiger partial charge is 0.462 e. The zero-order valence-corrected chi connectivity index (χ0v) is 16.0. The van der Waals surface area contributed by atoms with Crippen molar-refractivity contribution in [3.63, 3.8) is 0 Å². The molecule has 6 heteroatoms. The van der Waals surface area contributed by atoms with E-state index in [0.717, 1.165) is 27.5 Å². The van der Waals surface area contributed by atoms with Gasteiger partial charge in [0.1, 0.15) is 5.00 Å². The lowest BCUT2D eigenvalue weighted by atomic mass is 10.1. The highest BCUT2D eigenvalue weighted by Crippen LogP contribution is 2.34. The van der Waals surface area contributed by atoms with Crippen LogP contribution in [0.15, 0.2) is 24.3 Å². The molecule has 0 bridgehead atoms. The Morgan fingerprint density at radius 1 is 1.17 bits per heavy atom. The molecule has 0 saturated heterocycles. The van der Waals surface area contributed by atoms with Crippen molar-refractivity contribution in [3.05, 3.63) is 45.8 Å². The molecule has 128 valence electrons. The quantitative estimate of drug-likeness (QED) is 0.584. The van der Waals surface area contributed by atoms with E-state index < -0.39 is 0 Å². The molecule has 0 aliphatic rings. The summed E-state index contributed by atoms with van der Waals surface area (Å²) in [6.45, 7) is 8.23. The molecule has 1 aromatic carbocycles. The fourth-order valence-electron chi connectivity index (χ4n) is 2.41. The summed E-state index contributed by atoms with van der Waals surface area (Å²) in [7, 11) is 0. The third-order valence-electron chi connectivity index (χ3n) is 3.58. The van der Waals surface area contributed by atoms with Gasteiger partial charge >= 0.3 is 5.97 Å². The molecule has 0 atom stereocenters. The third kappa shape index (κ3) is 4.33. The number of hydrogen-bond donors (Lipinski definition) is 2. The van der Waals surface area contributed by atoms with E-state index in [1.54, 1.807) is 6.92 Å². The van der Waals surface area contributed by atoms with Gasteiger partial charge in [0.25, 0.3) is 0 Å². The maximum Gasteiger partial charge on any atom is 0.341 e. The van der Waals surface area contributed by atoms with Crippen LogP contribution in [0, 0.1) is 13.8 Å². The number of carbonyl (C=O) groups excluding carboxylic acids is 1. The Kier molecular flexibility index (Phi) is 6.34. The number of rotatable bonds is 5. The molecule has 0 amide bonds. The molecule has 4 nitrogen and oxygen atoms in total. The molecule has 0 spiro atoms. The summed E-state index contributed by atoms with van der Waals surface area (Å²) in [5, 5.41) is 7.47. The van der Waals surface area contributed by atoms with Crippen molar-refractivity contribution in [1.29, 1.82) is 0 Å². The number of esters is 1. The first-order valence-electron chi connectivity index (χ1n) is 7.90. The Morgan fingerprint density at radius 3 is 2.42 bits per heavy atom. The summed E-state index contributed by atoms with van der Waals surface area (Å²) in [6.07, 6.45) is 0.774. The van der Waals surface area contributed by atoms with Crippen LogP contribution < -0.4 is 10.6 Å². The Bertz CT molecular complexity index is 736. The molecule has 2 aromatic rings. The number of anilines is 2. The first-order valence-corrected chi connectivity index (χ1v) is 9.12. The van der Waals surface area contributed by atoms with Gasteiger partial charge in [0, 0.05) is 10.6 Å². The van der Waals surface area contributed by atoms with Crippen molar-refractivity contribution in [1.82, 2.24) is 0 Å². The molecule has 0 radical (unpaired) electrons. The van der Waals surface area contributed by atoms with Gasteiger partial charge in [-0.05, 0) is 57.1 Å². The monoisotopic (exact) mass is 362 g/mol. The predicted octanol–water partition coefficient (Wildman–Crippen LogP) is 4.91. The number of thiophene rings is 1. The van der Waals surface area contributed by atoms with E-state index in [1.165, 1.54) is 16.9 Å². The van der Waals surface area contributed by atoms with Gasteiger partial charge in [0.05, 0.1) is 12.2 Å². The van der Waals surface area contributed by atoms with Gasteiger partial charge in [-0.3, -0.25) is 0 Å². The summed E-state index contributed by atoms with van der Waals surface area (Å²) in [6, 6.07) is 7.96. The maximum atomic E-state index is 12.3. The van der Waals surface area contributed by atoms with Gasteiger partial charge in [-0.1, -0.05) is 24.6 Å². The average Bonchev–Trinajstić information content (AvgIpc) is 2.85. The third-order valence-corrected chi connectivity index (χ3v) is 4.85. The number of aryl methyl sites for hydroxylation is 2. The lowest BCUT2D eigenvalue weighted by molar-refractivity contribution is 0.0527. The molecule has 2 rings (SSSR count). The molecule has 24 heavy (non-hydrogen) atoms. The zero-order valence-electron chi connectivity index (χ0n) is 14.4. The summed E-state index contributed by atoms with van der Waals surface area (Å²) in [5.41, 5.74) is 3.69. The molecule has 0 saturated carbocycles. The second-order valence-corrected chi connectivity index (χ2v) is 6.99. The molecular weight excluding hydrogens is 340 g/mol. The number of hydrogen-bond acceptors (Lipinski definition) is 4. The highest BCUT2D eigenvalue weighted by molar-refractivity contribution is 7.80. The molecule has 2 N–H and O–H groups in total. The molecule has 1 aromatic heterocycles. The van der Waals surface area contributed by atoms with Gasteiger partial charge < -0.3 is 15.4 Å². The van der Waals surface area contributed by atoms with Crippen molar-refractivity contribution in [2.45, 2.75) is 34.1 Å². The summed E-state index contributed by atoms with van der Waals surface area (Å²) in [5.74, 6) is -0.306. The Labute approximate surface area is 152 Å². The standard InChI is InChI=1S/C18H22N2O2S2/c1-5-14-12(4)24-16(15(14)17(21)22-6-2)20-18(23)19-13-9-7-11(3)8-10-13/h7-10H,5-6H2,1-4H3,(H2,19,20,23). The van der Waals surface area contributed by atoms with E-state index in [0.29, 0.717) is 17.3 Å². The summed E-state index contributed by atoms with van der Waals surface area (Å²) >= 11 is 6.90. The SMILES string of the molecule is CCOC(=O)c1c(NC(=S)Nc2ccc(C)cc2)sc(C)c1CC. The van der Waals surface area contributed by atoms with Crippen LogP contribution in [-0.2, 0) is 11.2 Å². The average molecular weight is 363 g/mol. The molecule has 1 heterocycles. The molecule has 0 aliphatic carbocycles. The zero-order chi connectivity index (χ0) is 17.7. The van der Waals surface area contributed by atoms with Crippen molar-refractivity contribution in [3.8, 4) is 0 Å². The van der Waals surface area contributed by atoms with Gasteiger partial charge in [0.15, 0.2) is 5.11 Å². The van der Waals surface area contributed by atoms with E-state index in [4.69, 9.17) is 17.0 Å². The predicted molar refractivity (Wildman–Crippen MR) is 105 cm³/mol. The van der Waals surface area contributed by atoms with Crippen LogP contribution in [0.25, 0.3) is 0 Å². The van der Waals surface area contributed by atoms with E-state index in [-0.39, 0.29) is 5.97 Å². The first-order chi connectivity index (χ1) is 11.5. The number of ether oxygens (including phenoxy) is 1. The summed E-state index contributed by atoms with van der Waals surface area (Å²) in [4.78, 5) is 13.4. The molecular formula is C18H22N2O2S2. The maximum absolute atomic E-state index is 12.3. The number of nitrogens with one attached hydrogen (secondary N) is 2. The minimum Gasteiger partial charge on any atom is -0.462 e. The topological polar surface area (TPSA) is 50.4 Å². The van der Waals surface area contributed by atoms with Crippen molar-refractivity contribution >= 4 is 45.3 Å². The van der Waals surface area contributed by atoms with Crippen LogP contribution in [0.2, 0.25) is 0 Å². The Morgan fingerprint density at radius 2 is 1.83 bits per heavy atom. The number of carbonyl (C=O) groups is 1. The first kappa shape index (κ1) is 18.4. The van der Waals surface area contributed by atoms with Crippen molar-refractivity contribution in [2.75, 3.05) is 17.2 Å². The van der Waals surface area contributed by atoms with E-state index in [9.17, 15) is 4.79 Å². The summed E-state index contributed by atoms with van der Waals surface area (Å²) < 4.78 is 5.20. The fraction of sp³-hybridized carbons (Fsp3) is 0.333. The Hall–Kier alpha value is -1.92. The lowest BCUT2D eigenvalue weighted by Gasteiger charge is -2.11. The highest BCUT2D eigenvalue weighted by Gasteiger charge is 2.22. The smallest absolute Gasteiger partial charge is 0.341 e. The van der Waals surface area contributed by atoms with E-state index >= 15 is 0 Å². The molecule has 0 fully saturated rings. The van der Waals surface area contributed by atoms with Gasteiger partial charge in [-0.25, -0.2) is 4.79 Å². The second kappa shape index (κ2) is 8.26. The van der Waals surface area contributed by atoms with Crippen LogP contribution >= 0.6 is 23.6 Å².